The molecule has 2 fully saturated rings. The van der Waals surface area contributed by atoms with Crippen molar-refractivity contribution in [3.63, 3.8) is 0 Å². The largest absolute Gasteiger partial charge is 0.327 e. The summed E-state index contributed by atoms with van der Waals surface area (Å²) in [6, 6.07) is 7.56. The second-order valence-corrected chi connectivity index (χ2v) is 7.52. The number of piperidine rings is 1. The van der Waals surface area contributed by atoms with Crippen molar-refractivity contribution in [2.24, 2.45) is 11.8 Å². The Morgan fingerprint density at radius 3 is 2.83 bits per heavy atom. The number of carbonyl (C=O) groups is 2. The molecule has 1 saturated heterocycles. The number of para-hydroxylation sites is 2. The van der Waals surface area contributed by atoms with Crippen LogP contribution in [0.2, 0.25) is 0 Å². The molecule has 2 aliphatic heterocycles. The van der Waals surface area contributed by atoms with E-state index >= 15 is 0 Å². The third-order valence-corrected chi connectivity index (χ3v) is 5.96. The summed E-state index contributed by atoms with van der Waals surface area (Å²) in [5, 5.41) is 2.85. The lowest BCUT2D eigenvalue weighted by molar-refractivity contribution is -0.902. The Hall–Kier alpha value is -1.88. The van der Waals surface area contributed by atoms with E-state index in [1.54, 1.807) is 4.90 Å². The molecule has 4 rings (SSSR count). The van der Waals surface area contributed by atoms with Gasteiger partial charge >= 0.3 is 0 Å². The molecule has 0 aromatic heterocycles. The molecule has 0 bridgehead atoms. The summed E-state index contributed by atoms with van der Waals surface area (Å²) in [5.41, 5.74) is 1.57. The Bertz CT molecular complexity index is 645. The zero-order chi connectivity index (χ0) is 16.5. The van der Waals surface area contributed by atoms with Crippen LogP contribution >= 0.6 is 0 Å². The monoisotopic (exact) mass is 328 g/mol. The smallest absolute Gasteiger partial charge is 0.282 e. The molecule has 1 aromatic rings. The molecule has 1 unspecified atom stereocenters. The summed E-state index contributed by atoms with van der Waals surface area (Å²) in [6.07, 6.45) is 6.70. The van der Waals surface area contributed by atoms with E-state index in [0.717, 1.165) is 36.3 Å². The number of amides is 2. The Balaban J connectivity index is 1.44. The minimum Gasteiger partial charge on any atom is -0.327 e. The molecule has 5 heteroatoms. The summed E-state index contributed by atoms with van der Waals surface area (Å²) in [4.78, 5) is 27.8. The van der Waals surface area contributed by atoms with E-state index in [1.165, 1.54) is 37.0 Å². The number of hydrogen-bond acceptors (Lipinski definition) is 2. The van der Waals surface area contributed by atoms with Crippen molar-refractivity contribution < 1.29 is 14.5 Å². The number of hydrogen-bond donors (Lipinski definition) is 2. The van der Waals surface area contributed by atoms with Crippen LogP contribution in [0.5, 0.6) is 0 Å². The molecule has 1 saturated carbocycles. The van der Waals surface area contributed by atoms with Crippen LogP contribution in [0.4, 0.5) is 11.4 Å². The number of carbonyl (C=O) groups excluding carboxylic acids is 2. The van der Waals surface area contributed by atoms with Gasteiger partial charge in [0.2, 0.25) is 5.91 Å². The molecule has 2 amide bonds. The van der Waals surface area contributed by atoms with Gasteiger partial charge < -0.3 is 10.2 Å². The summed E-state index contributed by atoms with van der Waals surface area (Å²) >= 11 is 0. The van der Waals surface area contributed by atoms with Crippen molar-refractivity contribution in [2.75, 3.05) is 36.4 Å². The highest BCUT2D eigenvalue weighted by atomic mass is 16.2. The number of nitrogens with one attached hydrogen (secondary N) is 2. The Labute approximate surface area is 143 Å². The van der Waals surface area contributed by atoms with E-state index in [1.807, 2.05) is 24.3 Å². The Morgan fingerprint density at radius 1 is 1.17 bits per heavy atom. The van der Waals surface area contributed by atoms with Gasteiger partial charge in [-0.15, -0.1) is 0 Å². The van der Waals surface area contributed by atoms with Crippen LogP contribution in [-0.4, -0.2) is 38.0 Å². The number of nitrogens with zero attached hydrogens (tertiary/aromatic N) is 1. The SMILES string of the molecule is O=C1CN(C(=O)C[NH+]2CC[C@H]3CCCC[C@@H]3C2)c2ccccc2N1. The fraction of sp³-hybridized carbons (Fsp3) is 0.579. The molecule has 128 valence electrons. The molecule has 3 atom stereocenters. The highest BCUT2D eigenvalue weighted by Gasteiger charge is 2.36. The molecule has 0 spiro atoms. The lowest BCUT2D eigenvalue weighted by atomic mass is 9.75. The van der Waals surface area contributed by atoms with Crippen molar-refractivity contribution in [1.82, 2.24) is 0 Å². The normalized spacial score (nSPS) is 29.4. The third kappa shape index (κ3) is 3.05. The molecule has 1 aromatic carbocycles. The summed E-state index contributed by atoms with van der Waals surface area (Å²) in [7, 11) is 0. The molecule has 3 aliphatic rings. The molecule has 0 radical (unpaired) electrons. The number of rotatable bonds is 2. The van der Waals surface area contributed by atoms with Gasteiger partial charge in [0.25, 0.3) is 5.91 Å². The minimum absolute atomic E-state index is 0.0709. The van der Waals surface area contributed by atoms with E-state index < -0.39 is 0 Å². The van der Waals surface area contributed by atoms with Gasteiger partial charge in [-0.1, -0.05) is 25.0 Å². The van der Waals surface area contributed by atoms with Crippen LogP contribution < -0.4 is 15.1 Å². The zero-order valence-electron chi connectivity index (χ0n) is 14.1. The lowest BCUT2D eigenvalue weighted by Gasteiger charge is -2.39. The first-order chi connectivity index (χ1) is 11.7. The molecule has 2 N–H and O–H groups in total. The van der Waals surface area contributed by atoms with Crippen molar-refractivity contribution in [2.45, 2.75) is 32.1 Å². The van der Waals surface area contributed by atoms with Crippen LogP contribution in [0.15, 0.2) is 24.3 Å². The van der Waals surface area contributed by atoms with Gasteiger partial charge in [0.05, 0.1) is 24.5 Å². The Kier molecular flexibility index (Phi) is 4.27. The van der Waals surface area contributed by atoms with Crippen molar-refractivity contribution in [1.29, 1.82) is 0 Å². The van der Waals surface area contributed by atoms with Crippen molar-refractivity contribution in [3.8, 4) is 0 Å². The Morgan fingerprint density at radius 2 is 1.96 bits per heavy atom. The van der Waals surface area contributed by atoms with Gasteiger partial charge in [-0.05, 0) is 37.3 Å². The predicted molar refractivity (Wildman–Crippen MR) is 93.1 cm³/mol. The molecule has 24 heavy (non-hydrogen) atoms. The van der Waals surface area contributed by atoms with E-state index in [4.69, 9.17) is 0 Å². The first-order valence-corrected chi connectivity index (χ1v) is 9.23. The van der Waals surface area contributed by atoms with Crippen LogP contribution in [0.25, 0.3) is 0 Å². The van der Waals surface area contributed by atoms with Crippen molar-refractivity contribution in [3.05, 3.63) is 24.3 Å². The van der Waals surface area contributed by atoms with Crippen LogP contribution in [-0.2, 0) is 9.59 Å². The van der Waals surface area contributed by atoms with Gasteiger partial charge in [-0.25, -0.2) is 0 Å². The van der Waals surface area contributed by atoms with Crippen LogP contribution in [0, 0.1) is 11.8 Å². The number of likely N-dealkylation sites (tertiary alicyclic amines) is 1. The number of fused-ring (bicyclic) bond motifs is 2. The first-order valence-electron chi connectivity index (χ1n) is 9.23. The second kappa shape index (κ2) is 6.55. The average molecular weight is 328 g/mol. The third-order valence-electron chi connectivity index (χ3n) is 5.96. The topological polar surface area (TPSA) is 53.9 Å². The fourth-order valence-electron chi connectivity index (χ4n) is 4.72. The van der Waals surface area contributed by atoms with Gasteiger partial charge in [-0.3, -0.25) is 14.5 Å². The van der Waals surface area contributed by atoms with Gasteiger partial charge in [0.15, 0.2) is 6.54 Å². The maximum atomic E-state index is 12.9. The van der Waals surface area contributed by atoms with Crippen molar-refractivity contribution >= 4 is 23.2 Å². The highest BCUT2D eigenvalue weighted by Crippen LogP contribution is 2.32. The summed E-state index contributed by atoms with van der Waals surface area (Å²) in [5.74, 6) is 1.65. The standard InChI is InChI=1S/C19H25N3O2/c23-18-12-22(17-8-4-3-7-16(17)20-18)19(24)13-21-10-9-14-5-1-2-6-15(14)11-21/h3-4,7-8,14-15H,1-2,5-6,9-13H2,(H,20,23)/p+1/t14-,15-/m1/s1. The second-order valence-electron chi connectivity index (χ2n) is 7.52. The van der Waals surface area contributed by atoms with E-state index in [9.17, 15) is 9.59 Å². The molecule has 1 aliphatic carbocycles. The molecular weight excluding hydrogens is 302 g/mol. The van der Waals surface area contributed by atoms with Crippen LogP contribution in [0.1, 0.15) is 32.1 Å². The maximum absolute atomic E-state index is 12.9. The van der Waals surface area contributed by atoms with E-state index in [0.29, 0.717) is 6.54 Å². The van der Waals surface area contributed by atoms with E-state index in [2.05, 4.69) is 5.32 Å². The number of anilines is 2. The quantitative estimate of drug-likeness (QED) is 0.853. The summed E-state index contributed by atoms with van der Waals surface area (Å²) < 4.78 is 0. The molecule has 5 nitrogen and oxygen atoms in total. The molecule has 2 heterocycles. The number of benzene rings is 1. The average Bonchev–Trinajstić information content (AvgIpc) is 2.60. The van der Waals surface area contributed by atoms with Crippen LogP contribution in [0.3, 0.4) is 0 Å². The zero-order valence-corrected chi connectivity index (χ0v) is 14.1. The van der Waals surface area contributed by atoms with E-state index in [-0.39, 0.29) is 18.4 Å². The minimum atomic E-state index is -0.108. The fourth-order valence-corrected chi connectivity index (χ4v) is 4.72. The summed E-state index contributed by atoms with van der Waals surface area (Å²) in [6.45, 7) is 2.85. The van der Waals surface area contributed by atoms with Gasteiger partial charge in [-0.2, -0.15) is 0 Å². The predicted octanol–water partition coefficient (Wildman–Crippen LogP) is 1.07. The lowest BCUT2D eigenvalue weighted by Crippen LogP contribution is -3.15. The maximum Gasteiger partial charge on any atom is 0.282 e. The highest BCUT2D eigenvalue weighted by molar-refractivity contribution is 6.10. The first kappa shape index (κ1) is 15.6. The molecular formula is C19H26N3O2+. The van der Waals surface area contributed by atoms with Gasteiger partial charge in [0, 0.05) is 5.92 Å². The van der Waals surface area contributed by atoms with Gasteiger partial charge in [0.1, 0.15) is 6.54 Å². The number of quaternary nitrogens is 1.